The largest absolute Gasteiger partial charge is 0.416 e. The highest BCUT2D eigenvalue weighted by Gasteiger charge is 2.35. The van der Waals surface area contributed by atoms with Crippen molar-refractivity contribution in [1.82, 2.24) is 4.90 Å². The third-order valence-corrected chi connectivity index (χ3v) is 4.84. The quantitative estimate of drug-likeness (QED) is 0.788. The van der Waals surface area contributed by atoms with Gasteiger partial charge in [-0.2, -0.15) is 0 Å². The first kappa shape index (κ1) is 14.4. The summed E-state index contributed by atoms with van der Waals surface area (Å²) in [5.41, 5.74) is 0. The zero-order valence-electron chi connectivity index (χ0n) is 10.9. The normalized spacial score (nSPS) is 20.1. The molecule has 1 heterocycles. The van der Waals surface area contributed by atoms with E-state index < -0.39 is 22.0 Å². The second-order valence-electron chi connectivity index (χ2n) is 4.57. The zero-order chi connectivity index (χ0) is 14.6. The van der Waals surface area contributed by atoms with Crippen molar-refractivity contribution in [3.63, 3.8) is 0 Å². The molecule has 1 aromatic rings. The van der Waals surface area contributed by atoms with E-state index in [0.29, 0.717) is 12.2 Å². The number of sulfone groups is 1. The van der Waals surface area contributed by atoms with Gasteiger partial charge >= 0.3 is 6.09 Å². The van der Waals surface area contributed by atoms with Crippen LogP contribution in [0.5, 0.6) is 5.75 Å². The second kappa shape index (κ2) is 5.97. The molecule has 0 saturated carbocycles. The third kappa shape index (κ3) is 3.52. The standard InChI is InChI=1S/C14H15NO4S/c1-2-9-15(12-8-10-20(17,18)11-12)14(16)19-13-6-4-3-5-7-13/h1,3-7,12H,8-11H2. The molecule has 1 saturated heterocycles. The fourth-order valence-corrected chi connectivity index (χ4v) is 3.84. The van der Waals surface area contributed by atoms with E-state index >= 15 is 0 Å². The van der Waals surface area contributed by atoms with Gasteiger partial charge in [0.15, 0.2) is 9.84 Å². The Kier molecular flexibility index (Phi) is 4.30. The van der Waals surface area contributed by atoms with Gasteiger partial charge in [0.25, 0.3) is 0 Å². The Morgan fingerprint density at radius 3 is 2.65 bits per heavy atom. The molecule has 0 bridgehead atoms. The minimum Gasteiger partial charge on any atom is -0.410 e. The molecule has 1 atom stereocenters. The predicted octanol–water partition coefficient (Wildman–Crippen LogP) is 1.31. The van der Waals surface area contributed by atoms with Crippen molar-refractivity contribution >= 4 is 15.9 Å². The molecule has 20 heavy (non-hydrogen) atoms. The Labute approximate surface area is 118 Å². The predicted molar refractivity (Wildman–Crippen MR) is 75.1 cm³/mol. The lowest BCUT2D eigenvalue weighted by atomic mass is 10.2. The molecule has 1 aliphatic rings. The Morgan fingerprint density at radius 2 is 2.10 bits per heavy atom. The number of rotatable bonds is 3. The maximum absolute atomic E-state index is 12.1. The highest BCUT2D eigenvalue weighted by atomic mass is 32.2. The molecule has 0 aliphatic carbocycles. The van der Waals surface area contributed by atoms with Gasteiger partial charge in [0, 0.05) is 0 Å². The summed E-state index contributed by atoms with van der Waals surface area (Å²) in [5, 5.41) is 0. The van der Waals surface area contributed by atoms with E-state index in [9.17, 15) is 13.2 Å². The maximum atomic E-state index is 12.1. The molecule has 2 rings (SSSR count). The number of amides is 1. The lowest BCUT2D eigenvalue weighted by Crippen LogP contribution is -2.43. The lowest BCUT2D eigenvalue weighted by Gasteiger charge is -2.25. The first-order valence-electron chi connectivity index (χ1n) is 6.19. The molecule has 1 aromatic carbocycles. The molecule has 0 spiro atoms. The number of hydrogen-bond donors (Lipinski definition) is 0. The number of hydrogen-bond acceptors (Lipinski definition) is 4. The lowest BCUT2D eigenvalue weighted by molar-refractivity contribution is 0.143. The zero-order valence-corrected chi connectivity index (χ0v) is 11.7. The van der Waals surface area contributed by atoms with E-state index in [-0.39, 0.29) is 18.1 Å². The SMILES string of the molecule is C#CCN(C(=O)Oc1ccccc1)C1CCS(=O)(=O)C1. The van der Waals surface area contributed by atoms with E-state index in [4.69, 9.17) is 11.2 Å². The highest BCUT2D eigenvalue weighted by Crippen LogP contribution is 2.19. The van der Waals surface area contributed by atoms with Crippen molar-refractivity contribution in [2.24, 2.45) is 0 Å². The molecule has 5 nitrogen and oxygen atoms in total. The molecular weight excluding hydrogens is 278 g/mol. The molecule has 1 unspecified atom stereocenters. The van der Waals surface area contributed by atoms with Crippen LogP contribution in [-0.4, -0.2) is 43.5 Å². The van der Waals surface area contributed by atoms with Gasteiger partial charge in [-0.15, -0.1) is 6.42 Å². The molecule has 1 fully saturated rings. The molecule has 6 heteroatoms. The Balaban J connectivity index is 2.09. The Hall–Kier alpha value is -2.00. The summed E-state index contributed by atoms with van der Waals surface area (Å²) in [4.78, 5) is 13.4. The summed E-state index contributed by atoms with van der Waals surface area (Å²) in [5.74, 6) is 2.80. The van der Waals surface area contributed by atoms with Crippen LogP contribution < -0.4 is 4.74 Å². The van der Waals surface area contributed by atoms with Crippen molar-refractivity contribution in [3.8, 4) is 18.1 Å². The second-order valence-corrected chi connectivity index (χ2v) is 6.80. The van der Waals surface area contributed by atoms with Crippen LogP contribution in [0.2, 0.25) is 0 Å². The minimum absolute atomic E-state index is 0.0336. The van der Waals surface area contributed by atoms with Gasteiger partial charge in [-0.05, 0) is 18.6 Å². The molecule has 106 valence electrons. The van der Waals surface area contributed by atoms with Crippen LogP contribution in [0.15, 0.2) is 30.3 Å². The first-order valence-corrected chi connectivity index (χ1v) is 8.01. The van der Waals surface area contributed by atoms with Crippen molar-refractivity contribution in [3.05, 3.63) is 30.3 Å². The number of ether oxygens (including phenoxy) is 1. The first-order chi connectivity index (χ1) is 9.52. The fraction of sp³-hybridized carbons (Fsp3) is 0.357. The smallest absolute Gasteiger partial charge is 0.410 e. The minimum atomic E-state index is -3.08. The topological polar surface area (TPSA) is 63.7 Å². The summed E-state index contributed by atoms with van der Waals surface area (Å²) in [6.45, 7) is 0.0336. The van der Waals surface area contributed by atoms with E-state index in [1.54, 1.807) is 30.3 Å². The van der Waals surface area contributed by atoms with Crippen molar-refractivity contribution in [1.29, 1.82) is 0 Å². The summed E-state index contributed by atoms with van der Waals surface area (Å²) >= 11 is 0. The van der Waals surface area contributed by atoms with Crippen LogP contribution in [-0.2, 0) is 9.84 Å². The number of benzene rings is 1. The van der Waals surface area contributed by atoms with Gasteiger partial charge in [0.2, 0.25) is 0 Å². The van der Waals surface area contributed by atoms with Crippen LogP contribution >= 0.6 is 0 Å². The molecular formula is C14H15NO4S. The molecule has 1 aliphatic heterocycles. The van der Waals surface area contributed by atoms with Crippen LogP contribution in [0.4, 0.5) is 4.79 Å². The number of terminal acetylenes is 1. The van der Waals surface area contributed by atoms with Gasteiger partial charge in [-0.25, -0.2) is 13.2 Å². The van der Waals surface area contributed by atoms with Crippen molar-refractivity contribution in [2.45, 2.75) is 12.5 Å². The van der Waals surface area contributed by atoms with Crippen molar-refractivity contribution < 1.29 is 17.9 Å². The summed E-state index contributed by atoms with van der Waals surface area (Å²) in [6, 6.07) is 8.18. The molecule has 0 aromatic heterocycles. The van der Waals surface area contributed by atoms with E-state index in [2.05, 4.69) is 5.92 Å². The van der Waals surface area contributed by atoms with E-state index in [1.165, 1.54) is 4.90 Å². The van der Waals surface area contributed by atoms with E-state index in [1.807, 2.05) is 0 Å². The van der Waals surface area contributed by atoms with Gasteiger partial charge in [-0.3, -0.25) is 4.90 Å². The van der Waals surface area contributed by atoms with Crippen LogP contribution in [0, 0.1) is 12.3 Å². The number of carbonyl (C=O) groups excluding carboxylic acids is 1. The Morgan fingerprint density at radius 1 is 1.40 bits per heavy atom. The van der Waals surface area contributed by atoms with E-state index in [0.717, 1.165) is 0 Å². The summed E-state index contributed by atoms with van der Waals surface area (Å²) in [7, 11) is -3.08. The van der Waals surface area contributed by atoms with Crippen LogP contribution in [0.1, 0.15) is 6.42 Å². The third-order valence-electron chi connectivity index (χ3n) is 3.09. The molecule has 0 radical (unpaired) electrons. The average molecular weight is 293 g/mol. The number of para-hydroxylation sites is 1. The number of nitrogens with zero attached hydrogens (tertiary/aromatic N) is 1. The maximum Gasteiger partial charge on any atom is 0.416 e. The van der Waals surface area contributed by atoms with Gasteiger partial charge in [0.1, 0.15) is 5.75 Å². The van der Waals surface area contributed by atoms with Crippen LogP contribution in [0.25, 0.3) is 0 Å². The average Bonchev–Trinajstić information content (AvgIpc) is 2.77. The summed E-state index contributed by atoms with van der Waals surface area (Å²) in [6.07, 6.45) is 5.03. The Bertz CT molecular complexity index is 618. The van der Waals surface area contributed by atoms with Gasteiger partial charge in [-0.1, -0.05) is 24.1 Å². The van der Waals surface area contributed by atoms with Crippen molar-refractivity contribution in [2.75, 3.05) is 18.1 Å². The highest BCUT2D eigenvalue weighted by molar-refractivity contribution is 7.91. The molecule has 1 amide bonds. The van der Waals surface area contributed by atoms with Gasteiger partial charge in [0.05, 0.1) is 24.1 Å². The summed E-state index contributed by atoms with van der Waals surface area (Å²) < 4.78 is 28.2. The fourth-order valence-electron chi connectivity index (χ4n) is 2.11. The monoisotopic (exact) mass is 293 g/mol. The van der Waals surface area contributed by atoms with Gasteiger partial charge < -0.3 is 4.74 Å². The number of carbonyl (C=O) groups is 1. The van der Waals surface area contributed by atoms with Crippen LogP contribution in [0.3, 0.4) is 0 Å². The molecule has 0 N–H and O–H groups in total.